The van der Waals surface area contributed by atoms with E-state index in [0.717, 1.165) is 12.8 Å². The summed E-state index contributed by atoms with van der Waals surface area (Å²) in [5.74, 6) is 0. The van der Waals surface area contributed by atoms with Crippen molar-refractivity contribution in [2.75, 3.05) is 6.54 Å². The molecule has 0 spiro atoms. The molecule has 0 aromatic heterocycles. The van der Waals surface area contributed by atoms with Gasteiger partial charge in [0.05, 0.1) is 11.5 Å². The Bertz CT molecular complexity index is 504. The molecule has 1 aromatic carbocycles. The van der Waals surface area contributed by atoms with E-state index in [0.29, 0.717) is 12.1 Å². The van der Waals surface area contributed by atoms with E-state index in [1.54, 1.807) is 12.1 Å². The third-order valence-electron chi connectivity index (χ3n) is 3.67. The second kappa shape index (κ2) is 4.99. The highest BCUT2D eigenvalue weighted by Crippen LogP contribution is 2.39. The van der Waals surface area contributed by atoms with Gasteiger partial charge < -0.3 is 5.11 Å². The Morgan fingerprint density at radius 2 is 1.89 bits per heavy atom. The van der Waals surface area contributed by atoms with E-state index in [-0.39, 0.29) is 16.9 Å². The molecule has 0 aliphatic heterocycles. The van der Waals surface area contributed by atoms with Crippen molar-refractivity contribution in [1.82, 2.24) is 4.72 Å². The zero-order valence-corrected chi connectivity index (χ0v) is 11.3. The lowest BCUT2D eigenvalue weighted by Gasteiger charge is -2.38. The summed E-state index contributed by atoms with van der Waals surface area (Å²) < 4.78 is 26.8. The van der Waals surface area contributed by atoms with Crippen molar-refractivity contribution in [2.24, 2.45) is 5.41 Å². The summed E-state index contributed by atoms with van der Waals surface area (Å²) in [7, 11) is -3.43. The average molecular weight is 269 g/mol. The van der Waals surface area contributed by atoms with Gasteiger partial charge in [0.2, 0.25) is 10.0 Å². The molecular formula is C13H19NO3S. The molecule has 1 aromatic rings. The van der Waals surface area contributed by atoms with Gasteiger partial charge in [0.15, 0.2) is 0 Å². The highest BCUT2D eigenvalue weighted by Gasteiger charge is 2.32. The number of aliphatic hydroxyl groups excluding tert-OH is 1. The van der Waals surface area contributed by atoms with E-state index in [1.807, 2.05) is 0 Å². The molecule has 0 amide bonds. The number of sulfonamides is 1. The third kappa shape index (κ3) is 2.91. The van der Waals surface area contributed by atoms with E-state index in [1.165, 1.54) is 18.6 Å². The maximum absolute atomic E-state index is 12.0. The van der Waals surface area contributed by atoms with Crippen LogP contribution in [0.2, 0.25) is 0 Å². The number of rotatable bonds is 5. The summed E-state index contributed by atoms with van der Waals surface area (Å²) in [4.78, 5) is 0.252. The van der Waals surface area contributed by atoms with Gasteiger partial charge in [-0.3, -0.25) is 0 Å². The fourth-order valence-corrected chi connectivity index (χ4v) is 3.28. The Labute approximate surface area is 108 Å². The van der Waals surface area contributed by atoms with Crippen LogP contribution in [0.1, 0.15) is 31.7 Å². The Hall–Kier alpha value is -0.910. The van der Waals surface area contributed by atoms with Gasteiger partial charge in [-0.15, -0.1) is 0 Å². The molecule has 4 nitrogen and oxygen atoms in total. The van der Waals surface area contributed by atoms with E-state index < -0.39 is 10.0 Å². The first kappa shape index (κ1) is 13.5. The first-order valence-electron chi connectivity index (χ1n) is 6.15. The van der Waals surface area contributed by atoms with Gasteiger partial charge in [-0.1, -0.05) is 25.5 Å². The second-order valence-electron chi connectivity index (χ2n) is 5.29. The molecule has 0 unspecified atom stereocenters. The molecule has 1 aliphatic carbocycles. The predicted molar refractivity (Wildman–Crippen MR) is 69.5 cm³/mol. The lowest BCUT2D eigenvalue weighted by atomic mass is 9.71. The first-order chi connectivity index (χ1) is 8.45. The Morgan fingerprint density at radius 3 is 2.33 bits per heavy atom. The van der Waals surface area contributed by atoms with Crippen molar-refractivity contribution in [2.45, 2.75) is 37.7 Å². The van der Waals surface area contributed by atoms with Crippen LogP contribution in [0.4, 0.5) is 0 Å². The summed E-state index contributed by atoms with van der Waals surface area (Å²) in [6.45, 7) is 2.52. The van der Waals surface area contributed by atoms with Gasteiger partial charge in [0.25, 0.3) is 0 Å². The SMILES string of the molecule is CC1(CNS(=O)(=O)c2ccc(CO)cc2)CCC1. The monoisotopic (exact) mass is 269 g/mol. The smallest absolute Gasteiger partial charge is 0.240 e. The molecule has 0 heterocycles. The average Bonchev–Trinajstić information content (AvgIpc) is 2.34. The number of aliphatic hydroxyl groups is 1. The molecule has 0 atom stereocenters. The highest BCUT2D eigenvalue weighted by molar-refractivity contribution is 7.89. The summed E-state index contributed by atoms with van der Waals surface area (Å²) in [5, 5.41) is 8.92. The van der Waals surface area contributed by atoms with E-state index >= 15 is 0 Å². The van der Waals surface area contributed by atoms with Crippen LogP contribution in [0, 0.1) is 5.41 Å². The number of hydrogen-bond acceptors (Lipinski definition) is 3. The molecule has 2 N–H and O–H groups in total. The lowest BCUT2D eigenvalue weighted by molar-refractivity contribution is 0.166. The van der Waals surface area contributed by atoms with E-state index in [2.05, 4.69) is 11.6 Å². The largest absolute Gasteiger partial charge is 0.392 e. The summed E-state index contributed by atoms with van der Waals surface area (Å²) >= 11 is 0. The molecule has 100 valence electrons. The van der Waals surface area contributed by atoms with E-state index in [4.69, 9.17) is 5.11 Å². The van der Waals surface area contributed by atoms with Crippen molar-refractivity contribution in [3.05, 3.63) is 29.8 Å². The van der Waals surface area contributed by atoms with Gasteiger partial charge in [-0.25, -0.2) is 13.1 Å². The lowest BCUT2D eigenvalue weighted by Crippen LogP contribution is -2.39. The van der Waals surface area contributed by atoms with Crippen molar-refractivity contribution >= 4 is 10.0 Å². The fraction of sp³-hybridized carbons (Fsp3) is 0.538. The maximum atomic E-state index is 12.0. The Morgan fingerprint density at radius 1 is 1.28 bits per heavy atom. The highest BCUT2D eigenvalue weighted by atomic mass is 32.2. The first-order valence-corrected chi connectivity index (χ1v) is 7.63. The number of nitrogens with one attached hydrogen (secondary N) is 1. The minimum Gasteiger partial charge on any atom is -0.392 e. The summed E-state index contributed by atoms with van der Waals surface area (Å²) in [6, 6.07) is 6.30. The van der Waals surface area contributed by atoms with Crippen LogP contribution in [0.3, 0.4) is 0 Å². The van der Waals surface area contributed by atoms with Crippen molar-refractivity contribution in [1.29, 1.82) is 0 Å². The predicted octanol–water partition coefficient (Wildman–Crippen LogP) is 1.65. The Kier molecular flexibility index (Phi) is 3.75. The summed E-state index contributed by atoms with van der Waals surface area (Å²) in [5.41, 5.74) is 0.831. The van der Waals surface area contributed by atoms with Gasteiger partial charge in [0, 0.05) is 6.54 Å². The molecule has 0 radical (unpaired) electrons. The van der Waals surface area contributed by atoms with Crippen LogP contribution in [-0.2, 0) is 16.6 Å². The molecule has 18 heavy (non-hydrogen) atoms. The van der Waals surface area contributed by atoms with Crippen LogP contribution in [0.15, 0.2) is 29.2 Å². The molecule has 0 saturated heterocycles. The zero-order valence-electron chi connectivity index (χ0n) is 10.5. The zero-order chi connectivity index (χ0) is 13.2. The third-order valence-corrected chi connectivity index (χ3v) is 5.08. The minimum absolute atomic E-state index is 0.0776. The van der Waals surface area contributed by atoms with Gasteiger partial charge in [0.1, 0.15) is 0 Å². The van der Waals surface area contributed by atoms with Crippen LogP contribution in [-0.4, -0.2) is 20.1 Å². The van der Waals surface area contributed by atoms with E-state index in [9.17, 15) is 8.42 Å². The molecular weight excluding hydrogens is 250 g/mol. The number of hydrogen-bond donors (Lipinski definition) is 2. The van der Waals surface area contributed by atoms with Crippen molar-refractivity contribution in [3.63, 3.8) is 0 Å². The molecule has 2 rings (SSSR count). The fourth-order valence-electron chi connectivity index (χ4n) is 2.08. The quantitative estimate of drug-likeness (QED) is 0.854. The standard InChI is InChI=1S/C13H19NO3S/c1-13(7-2-8-13)10-14-18(16,17)12-5-3-11(9-15)4-6-12/h3-6,14-15H,2,7-10H2,1H3. The molecule has 5 heteroatoms. The maximum Gasteiger partial charge on any atom is 0.240 e. The van der Waals surface area contributed by atoms with Gasteiger partial charge >= 0.3 is 0 Å². The Balaban J connectivity index is 2.05. The minimum atomic E-state index is -3.43. The van der Waals surface area contributed by atoms with Crippen LogP contribution in [0.5, 0.6) is 0 Å². The molecule has 1 aliphatic rings. The van der Waals surface area contributed by atoms with Gasteiger partial charge in [-0.05, 0) is 36.0 Å². The topological polar surface area (TPSA) is 66.4 Å². The molecule has 0 bridgehead atoms. The normalized spacial score (nSPS) is 18.3. The van der Waals surface area contributed by atoms with Crippen LogP contribution >= 0.6 is 0 Å². The van der Waals surface area contributed by atoms with Crippen LogP contribution < -0.4 is 4.72 Å². The second-order valence-corrected chi connectivity index (χ2v) is 7.06. The summed E-state index contributed by atoms with van der Waals surface area (Å²) in [6.07, 6.45) is 3.35. The van der Waals surface area contributed by atoms with Crippen molar-refractivity contribution in [3.8, 4) is 0 Å². The molecule has 1 saturated carbocycles. The van der Waals surface area contributed by atoms with Crippen molar-refractivity contribution < 1.29 is 13.5 Å². The van der Waals surface area contributed by atoms with Gasteiger partial charge in [-0.2, -0.15) is 0 Å². The number of benzene rings is 1. The molecule has 1 fully saturated rings. The van der Waals surface area contributed by atoms with Crippen LogP contribution in [0.25, 0.3) is 0 Å².